The lowest BCUT2D eigenvalue weighted by Crippen LogP contribution is -2.38. The Morgan fingerprint density at radius 1 is 1.09 bits per heavy atom. The molecule has 0 aromatic heterocycles. The van der Waals surface area contributed by atoms with Gasteiger partial charge < -0.3 is 21.5 Å². The Kier molecular flexibility index (Phi) is 5.71. The molecule has 120 valence electrons. The van der Waals surface area contributed by atoms with Crippen LogP contribution in [0.3, 0.4) is 0 Å². The van der Waals surface area contributed by atoms with Crippen LogP contribution in [0, 0.1) is 0 Å². The van der Waals surface area contributed by atoms with Crippen molar-refractivity contribution in [3.8, 4) is 0 Å². The Bertz CT molecular complexity index is 674. The third-order valence-electron chi connectivity index (χ3n) is 3.35. The van der Waals surface area contributed by atoms with E-state index in [1.165, 1.54) is 0 Å². The molecule has 5 N–H and O–H groups in total. The van der Waals surface area contributed by atoms with Gasteiger partial charge in [-0.3, -0.25) is 4.79 Å². The number of primary amides is 1. The quantitative estimate of drug-likeness (QED) is 0.646. The molecular formula is C17H19N3O3. The molecule has 2 aromatic carbocycles. The summed E-state index contributed by atoms with van der Waals surface area (Å²) in [7, 11) is 0. The Hall–Kier alpha value is -2.86. The van der Waals surface area contributed by atoms with Gasteiger partial charge in [-0.05, 0) is 23.3 Å². The number of hydrogen-bond donors (Lipinski definition) is 4. The summed E-state index contributed by atoms with van der Waals surface area (Å²) < 4.78 is 0. The van der Waals surface area contributed by atoms with Gasteiger partial charge in [-0.25, -0.2) is 4.79 Å². The van der Waals surface area contributed by atoms with Crippen LogP contribution in [0.5, 0.6) is 0 Å². The van der Waals surface area contributed by atoms with Crippen LogP contribution in [0.2, 0.25) is 0 Å². The number of nitrogens with two attached hydrogens (primary N) is 1. The minimum Gasteiger partial charge on any atom is -0.394 e. The molecule has 3 amide bonds. The zero-order chi connectivity index (χ0) is 16.7. The van der Waals surface area contributed by atoms with Gasteiger partial charge in [0, 0.05) is 12.1 Å². The van der Waals surface area contributed by atoms with Crippen LogP contribution in [0.1, 0.15) is 27.5 Å². The van der Waals surface area contributed by atoms with Gasteiger partial charge in [0.05, 0.1) is 12.6 Å². The van der Waals surface area contributed by atoms with E-state index in [0.717, 1.165) is 11.1 Å². The maximum atomic E-state index is 12.0. The summed E-state index contributed by atoms with van der Waals surface area (Å²) in [5.41, 5.74) is 7.19. The maximum absolute atomic E-state index is 12.0. The fourth-order valence-electron chi connectivity index (χ4n) is 2.15. The first kappa shape index (κ1) is 16.5. The number of amides is 3. The minimum absolute atomic E-state index is 0.200. The van der Waals surface area contributed by atoms with E-state index in [1.807, 2.05) is 30.3 Å². The number of nitrogens with one attached hydrogen (secondary N) is 2. The summed E-state index contributed by atoms with van der Waals surface area (Å²) in [5, 5.41) is 14.8. The highest BCUT2D eigenvalue weighted by atomic mass is 16.3. The molecule has 0 spiro atoms. The normalized spacial score (nSPS) is 11.5. The lowest BCUT2D eigenvalue weighted by atomic mass is 10.1. The first-order chi connectivity index (χ1) is 11.1. The van der Waals surface area contributed by atoms with Crippen LogP contribution in [-0.2, 0) is 6.54 Å². The first-order valence-electron chi connectivity index (χ1n) is 7.19. The van der Waals surface area contributed by atoms with Crippen molar-refractivity contribution in [2.75, 3.05) is 6.61 Å². The molecular weight excluding hydrogens is 294 g/mol. The van der Waals surface area contributed by atoms with E-state index in [0.29, 0.717) is 5.56 Å². The van der Waals surface area contributed by atoms with Crippen molar-refractivity contribution >= 4 is 11.9 Å². The number of aliphatic hydroxyl groups is 1. The summed E-state index contributed by atoms with van der Waals surface area (Å²) in [5.74, 6) is -0.513. The first-order valence-corrected chi connectivity index (χ1v) is 7.19. The van der Waals surface area contributed by atoms with E-state index < -0.39 is 18.0 Å². The van der Waals surface area contributed by atoms with Gasteiger partial charge in [0.1, 0.15) is 0 Å². The Balaban J connectivity index is 1.92. The van der Waals surface area contributed by atoms with Gasteiger partial charge in [-0.2, -0.15) is 0 Å². The highest BCUT2D eigenvalue weighted by molar-refractivity contribution is 5.92. The topological polar surface area (TPSA) is 104 Å². The second kappa shape index (κ2) is 7.95. The molecule has 1 atom stereocenters. The lowest BCUT2D eigenvalue weighted by molar-refractivity contribution is 0.1000. The Labute approximate surface area is 134 Å². The Morgan fingerprint density at radius 3 is 2.48 bits per heavy atom. The van der Waals surface area contributed by atoms with Gasteiger partial charge in [0.15, 0.2) is 0 Å². The average Bonchev–Trinajstić information content (AvgIpc) is 2.59. The molecule has 0 aliphatic carbocycles. The zero-order valence-corrected chi connectivity index (χ0v) is 12.5. The van der Waals surface area contributed by atoms with Crippen LogP contribution in [0.25, 0.3) is 0 Å². The number of carbonyl (C=O) groups is 2. The van der Waals surface area contributed by atoms with Gasteiger partial charge in [-0.15, -0.1) is 0 Å². The molecule has 23 heavy (non-hydrogen) atoms. The van der Waals surface area contributed by atoms with Crippen LogP contribution in [0.15, 0.2) is 54.6 Å². The van der Waals surface area contributed by atoms with Gasteiger partial charge in [-0.1, -0.05) is 42.5 Å². The van der Waals surface area contributed by atoms with Crippen LogP contribution in [0.4, 0.5) is 4.79 Å². The van der Waals surface area contributed by atoms with E-state index in [4.69, 9.17) is 5.73 Å². The molecule has 1 unspecified atom stereocenters. The molecule has 0 fully saturated rings. The Morgan fingerprint density at radius 2 is 1.83 bits per heavy atom. The van der Waals surface area contributed by atoms with Crippen molar-refractivity contribution in [1.82, 2.24) is 10.6 Å². The van der Waals surface area contributed by atoms with Crippen molar-refractivity contribution in [2.45, 2.75) is 12.6 Å². The molecule has 0 aliphatic heterocycles. The monoisotopic (exact) mass is 313 g/mol. The summed E-state index contributed by atoms with van der Waals surface area (Å²) in [6.07, 6.45) is 0. The molecule has 6 nitrogen and oxygen atoms in total. The smallest absolute Gasteiger partial charge is 0.315 e. The zero-order valence-electron chi connectivity index (χ0n) is 12.5. The van der Waals surface area contributed by atoms with E-state index >= 15 is 0 Å². The molecule has 0 heterocycles. The molecule has 6 heteroatoms. The largest absolute Gasteiger partial charge is 0.394 e. The average molecular weight is 313 g/mol. The summed E-state index contributed by atoms with van der Waals surface area (Å²) in [4.78, 5) is 23.1. The number of aliphatic hydroxyl groups excluding tert-OH is 1. The highest BCUT2D eigenvalue weighted by Gasteiger charge is 2.13. The number of hydrogen-bond acceptors (Lipinski definition) is 3. The third-order valence-corrected chi connectivity index (χ3v) is 3.35. The van der Waals surface area contributed by atoms with Crippen LogP contribution >= 0.6 is 0 Å². The maximum Gasteiger partial charge on any atom is 0.315 e. The fourth-order valence-corrected chi connectivity index (χ4v) is 2.15. The van der Waals surface area contributed by atoms with Gasteiger partial charge >= 0.3 is 6.03 Å². The van der Waals surface area contributed by atoms with E-state index in [-0.39, 0.29) is 13.2 Å². The molecule has 2 aromatic rings. The standard InChI is InChI=1S/C17H19N3O3/c18-16(22)14-8-4-5-12(9-14)10-19-17(23)20-15(11-21)13-6-2-1-3-7-13/h1-9,15,21H,10-11H2,(H2,18,22)(H2,19,20,23). The number of benzene rings is 2. The van der Waals surface area contributed by atoms with Crippen molar-refractivity contribution in [3.63, 3.8) is 0 Å². The second-order valence-corrected chi connectivity index (χ2v) is 5.04. The third kappa shape index (κ3) is 4.82. The van der Waals surface area contributed by atoms with Gasteiger partial charge in [0.2, 0.25) is 5.91 Å². The second-order valence-electron chi connectivity index (χ2n) is 5.04. The molecule has 0 radical (unpaired) electrons. The SMILES string of the molecule is NC(=O)c1cccc(CNC(=O)NC(CO)c2ccccc2)c1. The molecule has 0 aliphatic rings. The number of carbonyl (C=O) groups excluding carboxylic acids is 2. The fraction of sp³-hybridized carbons (Fsp3) is 0.176. The van der Waals surface area contributed by atoms with Crippen LogP contribution < -0.4 is 16.4 Å². The summed E-state index contributed by atoms with van der Waals surface area (Å²) in [6, 6.07) is 15.1. The number of urea groups is 1. The molecule has 0 bridgehead atoms. The van der Waals surface area contributed by atoms with E-state index in [1.54, 1.807) is 24.3 Å². The van der Waals surface area contributed by atoms with Crippen LogP contribution in [-0.4, -0.2) is 23.7 Å². The molecule has 0 saturated heterocycles. The molecule has 2 rings (SSSR count). The van der Waals surface area contributed by atoms with E-state index in [2.05, 4.69) is 10.6 Å². The lowest BCUT2D eigenvalue weighted by Gasteiger charge is -2.17. The van der Waals surface area contributed by atoms with Crippen molar-refractivity contribution in [2.24, 2.45) is 5.73 Å². The predicted molar refractivity (Wildman–Crippen MR) is 86.6 cm³/mol. The highest BCUT2D eigenvalue weighted by Crippen LogP contribution is 2.11. The van der Waals surface area contributed by atoms with Gasteiger partial charge in [0.25, 0.3) is 0 Å². The summed E-state index contributed by atoms with van der Waals surface area (Å²) in [6.45, 7) is 0.0501. The summed E-state index contributed by atoms with van der Waals surface area (Å²) >= 11 is 0. The molecule has 0 saturated carbocycles. The predicted octanol–water partition coefficient (Wildman–Crippen LogP) is 1.32. The van der Waals surface area contributed by atoms with Crippen molar-refractivity contribution < 1.29 is 14.7 Å². The minimum atomic E-state index is -0.513. The van der Waals surface area contributed by atoms with Crippen molar-refractivity contribution in [1.29, 1.82) is 0 Å². The number of rotatable bonds is 6. The van der Waals surface area contributed by atoms with Crippen molar-refractivity contribution in [3.05, 3.63) is 71.3 Å². The van der Waals surface area contributed by atoms with E-state index in [9.17, 15) is 14.7 Å².